The van der Waals surface area contributed by atoms with Crippen molar-refractivity contribution in [1.29, 1.82) is 0 Å². The zero-order chi connectivity index (χ0) is 21.9. The van der Waals surface area contributed by atoms with E-state index in [2.05, 4.69) is 5.32 Å². The number of anilines is 2. The van der Waals surface area contributed by atoms with Crippen molar-refractivity contribution in [2.45, 2.75) is 20.4 Å². The summed E-state index contributed by atoms with van der Waals surface area (Å²) in [6.07, 6.45) is 1.18. The van der Waals surface area contributed by atoms with Crippen LogP contribution in [0.3, 0.4) is 0 Å². The van der Waals surface area contributed by atoms with Gasteiger partial charge >= 0.3 is 0 Å². The standard InChI is InChI=1S/C23H23ClN2O3S/c1-16-6-4-5-7-19(16)15-26(30(3,28)29)21-11-8-18(9-12-21)23(27)25-22-13-10-20(24)14-17(22)2/h4-14H,15H2,1-3H3,(H,25,27). The fraction of sp³-hybridized carbons (Fsp3) is 0.174. The monoisotopic (exact) mass is 442 g/mol. The third kappa shape index (κ3) is 5.20. The molecule has 0 bridgehead atoms. The lowest BCUT2D eigenvalue weighted by Crippen LogP contribution is -2.29. The van der Waals surface area contributed by atoms with Crippen LogP contribution in [0.1, 0.15) is 27.0 Å². The average molecular weight is 443 g/mol. The molecule has 30 heavy (non-hydrogen) atoms. The van der Waals surface area contributed by atoms with Crippen molar-refractivity contribution in [3.05, 3.63) is 94.0 Å². The van der Waals surface area contributed by atoms with E-state index in [-0.39, 0.29) is 12.5 Å². The molecule has 0 spiro atoms. The quantitative estimate of drug-likeness (QED) is 0.572. The van der Waals surface area contributed by atoms with Crippen molar-refractivity contribution in [3.63, 3.8) is 0 Å². The summed E-state index contributed by atoms with van der Waals surface area (Å²) in [4.78, 5) is 12.6. The highest BCUT2D eigenvalue weighted by atomic mass is 35.5. The summed E-state index contributed by atoms with van der Waals surface area (Å²) in [7, 11) is -3.50. The lowest BCUT2D eigenvalue weighted by molar-refractivity contribution is 0.102. The number of benzene rings is 3. The summed E-state index contributed by atoms with van der Waals surface area (Å²) in [5.74, 6) is -0.281. The predicted octanol–water partition coefficient (Wildman–Crippen LogP) is 5.18. The number of carbonyl (C=O) groups excluding carboxylic acids is 1. The molecule has 0 fully saturated rings. The summed E-state index contributed by atoms with van der Waals surface area (Å²) in [6.45, 7) is 4.03. The maximum Gasteiger partial charge on any atom is 0.255 e. The summed E-state index contributed by atoms with van der Waals surface area (Å²) in [5.41, 5.74) is 4.39. The normalized spacial score (nSPS) is 11.2. The van der Waals surface area contributed by atoms with Gasteiger partial charge in [-0.25, -0.2) is 8.42 Å². The molecule has 0 saturated heterocycles. The maximum absolute atomic E-state index is 12.6. The molecule has 0 unspecified atom stereocenters. The van der Waals surface area contributed by atoms with Crippen LogP contribution < -0.4 is 9.62 Å². The summed E-state index contributed by atoms with van der Waals surface area (Å²) in [6, 6.07) is 19.4. The number of carbonyl (C=O) groups is 1. The highest BCUT2D eigenvalue weighted by Crippen LogP contribution is 2.24. The Labute approximate surface area is 182 Å². The Hall–Kier alpha value is -2.83. The number of nitrogens with one attached hydrogen (secondary N) is 1. The lowest BCUT2D eigenvalue weighted by Gasteiger charge is -2.23. The molecule has 0 aliphatic carbocycles. The van der Waals surface area contributed by atoms with Gasteiger partial charge in [-0.2, -0.15) is 0 Å². The van der Waals surface area contributed by atoms with Gasteiger partial charge in [0, 0.05) is 16.3 Å². The molecule has 0 aliphatic heterocycles. The number of hydrogen-bond acceptors (Lipinski definition) is 3. The van der Waals surface area contributed by atoms with Crippen LogP contribution in [-0.2, 0) is 16.6 Å². The van der Waals surface area contributed by atoms with Gasteiger partial charge in [0.05, 0.1) is 18.5 Å². The van der Waals surface area contributed by atoms with Gasteiger partial charge in [0.1, 0.15) is 0 Å². The number of rotatable bonds is 6. The van der Waals surface area contributed by atoms with Crippen LogP contribution in [0.5, 0.6) is 0 Å². The van der Waals surface area contributed by atoms with E-state index in [9.17, 15) is 13.2 Å². The minimum Gasteiger partial charge on any atom is -0.322 e. The minimum absolute atomic E-state index is 0.223. The Morgan fingerprint density at radius 2 is 1.63 bits per heavy atom. The molecule has 1 N–H and O–H groups in total. The van der Waals surface area contributed by atoms with E-state index in [1.165, 1.54) is 10.6 Å². The van der Waals surface area contributed by atoms with Gasteiger partial charge in [-0.15, -0.1) is 0 Å². The Balaban J connectivity index is 1.83. The van der Waals surface area contributed by atoms with Gasteiger partial charge in [-0.3, -0.25) is 9.10 Å². The number of hydrogen-bond donors (Lipinski definition) is 1. The first-order valence-corrected chi connectivity index (χ1v) is 11.6. The lowest BCUT2D eigenvalue weighted by atomic mass is 10.1. The van der Waals surface area contributed by atoms with E-state index in [0.29, 0.717) is 22.0 Å². The first-order valence-electron chi connectivity index (χ1n) is 9.35. The molecule has 1 amide bonds. The molecule has 0 aromatic heterocycles. The zero-order valence-corrected chi connectivity index (χ0v) is 18.6. The second kappa shape index (κ2) is 8.90. The van der Waals surface area contributed by atoms with Crippen LogP contribution in [0.25, 0.3) is 0 Å². The van der Waals surface area contributed by atoms with Gasteiger partial charge in [-0.1, -0.05) is 35.9 Å². The van der Waals surface area contributed by atoms with Crippen LogP contribution in [0.4, 0.5) is 11.4 Å². The number of nitrogens with zero attached hydrogens (tertiary/aromatic N) is 1. The molecule has 0 radical (unpaired) electrons. The van der Waals surface area contributed by atoms with Crippen molar-refractivity contribution in [2.75, 3.05) is 15.9 Å². The van der Waals surface area contributed by atoms with Crippen molar-refractivity contribution in [3.8, 4) is 0 Å². The second-order valence-electron chi connectivity index (χ2n) is 7.16. The molecule has 0 saturated carbocycles. The number of amides is 1. The van der Waals surface area contributed by atoms with Crippen LogP contribution in [-0.4, -0.2) is 20.6 Å². The molecule has 5 nitrogen and oxygen atoms in total. The third-order valence-electron chi connectivity index (χ3n) is 4.83. The first kappa shape index (κ1) is 21.9. The van der Waals surface area contributed by atoms with Crippen molar-refractivity contribution in [2.24, 2.45) is 0 Å². The van der Waals surface area contributed by atoms with Gasteiger partial charge in [0.2, 0.25) is 10.0 Å². The fourth-order valence-corrected chi connectivity index (χ4v) is 4.19. The Morgan fingerprint density at radius 3 is 2.23 bits per heavy atom. The van der Waals surface area contributed by atoms with E-state index in [4.69, 9.17) is 11.6 Å². The van der Waals surface area contributed by atoms with Gasteiger partial charge in [-0.05, 0) is 73.0 Å². The third-order valence-corrected chi connectivity index (χ3v) is 6.21. The van der Waals surface area contributed by atoms with E-state index >= 15 is 0 Å². The van der Waals surface area contributed by atoms with E-state index < -0.39 is 10.0 Å². The fourth-order valence-electron chi connectivity index (χ4n) is 3.08. The maximum atomic E-state index is 12.6. The summed E-state index contributed by atoms with van der Waals surface area (Å²) >= 11 is 5.96. The van der Waals surface area contributed by atoms with Gasteiger partial charge < -0.3 is 5.32 Å². The van der Waals surface area contributed by atoms with Gasteiger partial charge in [0.25, 0.3) is 5.91 Å². The first-order chi connectivity index (χ1) is 14.1. The topological polar surface area (TPSA) is 66.5 Å². The van der Waals surface area contributed by atoms with Crippen LogP contribution in [0.2, 0.25) is 5.02 Å². The molecule has 7 heteroatoms. The SMILES string of the molecule is Cc1ccccc1CN(c1ccc(C(=O)Nc2ccc(Cl)cc2C)cc1)S(C)(=O)=O. The molecule has 3 aromatic rings. The number of halogens is 1. The Kier molecular flexibility index (Phi) is 6.48. The van der Waals surface area contributed by atoms with Crippen molar-refractivity contribution >= 4 is 38.9 Å². The zero-order valence-electron chi connectivity index (χ0n) is 17.0. The molecule has 3 aromatic carbocycles. The molecule has 0 heterocycles. The summed E-state index contributed by atoms with van der Waals surface area (Å²) < 4.78 is 26.2. The molecule has 0 atom stereocenters. The van der Waals surface area contributed by atoms with E-state index in [0.717, 1.165) is 16.7 Å². The van der Waals surface area contributed by atoms with Crippen LogP contribution >= 0.6 is 11.6 Å². The Morgan fingerprint density at radius 1 is 0.967 bits per heavy atom. The van der Waals surface area contributed by atoms with Gasteiger partial charge in [0.15, 0.2) is 0 Å². The summed E-state index contributed by atoms with van der Waals surface area (Å²) in [5, 5.41) is 3.45. The average Bonchev–Trinajstić information content (AvgIpc) is 2.68. The second-order valence-corrected chi connectivity index (χ2v) is 9.50. The van der Waals surface area contributed by atoms with Crippen molar-refractivity contribution in [1.82, 2.24) is 0 Å². The Bertz CT molecular complexity index is 1180. The van der Waals surface area contributed by atoms with E-state index in [1.54, 1.807) is 42.5 Å². The predicted molar refractivity (Wildman–Crippen MR) is 123 cm³/mol. The largest absolute Gasteiger partial charge is 0.322 e. The minimum atomic E-state index is -3.50. The highest BCUT2D eigenvalue weighted by Gasteiger charge is 2.19. The van der Waals surface area contributed by atoms with Crippen LogP contribution in [0.15, 0.2) is 66.7 Å². The molecular weight excluding hydrogens is 420 g/mol. The smallest absolute Gasteiger partial charge is 0.255 e. The molecular formula is C23H23ClN2O3S. The van der Waals surface area contributed by atoms with E-state index in [1.807, 2.05) is 38.1 Å². The molecule has 0 aliphatic rings. The highest BCUT2D eigenvalue weighted by molar-refractivity contribution is 7.92. The van der Waals surface area contributed by atoms with Crippen molar-refractivity contribution < 1.29 is 13.2 Å². The number of sulfonamides is 1. The van der Waals surface area contributed by atoms with Crippen LogP contribution in [0, 0.1) is 13.8 Å². The molecule has 3 rings (SSSR count). The number of aryl methyl sites for hydroxylation is 2. The molecule has 156 valence electrons.